The van der Waals surface area contributed by atoms with Crippen LogP contribution in [0.1, 0.15) is 30.5 Å². The molecule has 2 aromatic rings. The summed E-state index contributed by atoms with van der Waals surface area (Å²) in [7, 11) is 0. The third kappa shape index (κ3) is 4.94. The quantitative estimate of drug-likeness (QED) is 0.828. The van der Waals surface area contributed by atoms with E-state index < -0.39 is 5.82 Å². The van der Waals surface area contributed by atoms with Gasteiger partial charge in [0.1, 0.15) is 11.6 Å². The zero-order chi connectivity index (χ0) is 15.2. The summed E-state index contributed by atoms with van der Waals surface area (Å²) in [4.78, 5) is 0. The molecule has 0 bridgehead atoms. The minimum Gasteiger partial charge on any atom is -0.309 e. The Balaban J connectivity index is 1.87. The van der Waals surface area contributed by atoms with Crippen LogP contribution >= 0.6 is 0 Å². The maximum atomic E-state index is 13.5. The molecule has 0 unspecified atom stereocenters. The highest BCUT2D eigenvalue weighted by Gasteiger charge is 2.03. The number of rotatable bonds is 6. The molecular formula is C18H21F2N. The lowest BCUT2D eigenvalue weighted by Crippen LogP contribution is -2.14. The summed E-state index contributed by atoms with van der Waals surface area (Å²) in [5.74, 6) is -0.146. The van der Waals surface area contributed by atoms with E-state index in [2.05, 4.69) is 43.4 Å². The first-order chi connectivity index (χ1) is 10.0. The Morgan fingerprint density at radius 3 is 2.24 bits per heavy atom. The van der Waals surface area contributed by atoms with Gasteiger partial charge in [-0.1, -0.05) is 38.1 Å². The average molecular weight is 289 g/mol. The standard InChI is InChI=1S/C18H21F2N/c1-13(2)9-14-3-5-15(6-4-14)11-21-12-16-10-17(19)7-8-18(16)20/h3-8,10,13,21H,9,11-12H2,1-2H3. The van der Waals surface area contributed by atoms with Crippen molar-refractivity contribution in [1.29, 1.82) is 0 Å². The molecule has 21 heavy (non-hydrogen) atoms. The number of benzene rings is 2. The molecule has 0 saturated heterocycles. The number of halogens is 2. The van der Waals surface area contributed by atoms with E-state index in [0.717, 1.165) is 24.1 Å². The van der Waals surface area contributed by atoms with Gasteiger partial charge in [0.15, 0.2) is 0 Å². The molecule has 2 rings (SSSR count). The summed E-state index contributed by atoms with van der Waals surface area (Å²) in [6, 6.07) is 11.9. The maximum absolute atomic E-state index is 13.5. The maximum Gasteiger partial charge on any atom is 0.127 e. The topological polar surface area (TPSA) is 12.0 Å². The van der Waals surface area contributed by atoms with Gasteiger partial charge in [-0.2, -0.15) is 0 Å². The lowest BCUT2D eigenvalue weighted by Gasteiger charge is -2.08. The van der Waals surface area contributed by atoms with Crippen LogP contribution in [0.15, 0.2) is 42.5 Å². The first-order valence-corrected chi connectivity index (χ1v) is 7.27. The molecule has 2 aromatic carbocycles. The smallest absolute Gasteiger partial charge is 0.127 e. The molecule has 1 N–H and O–H groups in total. The minimum absolute atomic E-state index is 0.317. The Kier molecular flexibility index (Phi) is 5.45. The molecule has 3 heteroatoms. The average Bonchev–Trinajstić information content (AvgIpc) is 2.44. The monoisotopic (exact) mass is 289 g/mol. The van der Waals surface area contributed by atoms with E-state index in [1.54, 1.807) is 0 Å². The Labute approximate surface area is 125 Å². The number of nitrogens with one attached hydrogen (secondary N) is 1. The molecular weight excluding hydrogens is 268 g/mol. The van der Waals surface area contributed by atoms with Crippen LogP contribution in [0, 0.1) is 17.6 Å². The van der Waals surface area contributed by atoms with Gasteiger partial charge in [0.05, 0.1) is 0 Å². The van der Waals surface area contributed by atoms with Gasteiger partial charge in [0.25, 0.3) is 0 Å². The van der Waals surface area contributed by atoms with Gasteiger partial charge in [0, 0.05) is 18.7 Å². The second-order valence-electron chi connectivity index (χ2n) is 5.75. The fraction of sp³-hybridized carbons (Fsp3) is 0.333. The van der Waals surface area contributed by atoms with Crippen molar-refractivity contribution < 1.29 is 8.78 Å². The third-order valence-electron chi connectivity index (χ3n) is 3.32. The highest BCUT2D eigenvalue weighted by Crippen LogP contribution is 2.11. The number of hydrogen-bond donors (Lipinski definition) is 1. The molecule has 1 nitrogen and oxygen atoms in total. The van der Waals surface area contributed by atoms with Crippen molar-refractivity contribution in [3.8, 4) is 0 Å². The van der Waals surface area contributed by atoms with Gasteiger partial charge in [0.2, 0.25) is 0 Å². The molecule has 0 aliphatic carbocycles. The highest BCUT2D eigenvalue weighted by atomic mass is 19.1. The van der Waals surface area contributed by atoms with E-state index in [9.17, 15) is 8.78 Å². The Morgan fingerprint density at radius 2 is 1.57 bits per heavy atom. The molecule has 112 valence electrons. The van der Waals surface area contributed by atoms with Gasteiger partial charge in [-0.15, -0.1) is 0 Å². The molecule has 0 fully saturated rings. The minimum atomic E-state index is -0.411. The van der Waals surface area contributed by atoms with E-state index in [4.69, 9.17) is 0 Å². The Bertz CT molecular complexity index is 576. The molecule has 0 radical (unpaired) electrons. The fourth-order valence-electron chi connectivity index (χ4n) is 2.28. The van der Waals surface area contributed by atoms with Gasteiger partial charge >= 0.3 is 0 Å². The zero-order valence-corrected chi connectivity index (χ0v) is 12.5. The lowest BCUT2D eigenvalue weighted by molar-refractivity contribution is 0.568. The van der Waals surface area contributed by atoms with Crippen LogP contribution in [0.25, 0.3) is 0 Å². The Hall–Kier alpha value is -1.74. The molecule has 0 aliphatic rings. The van der Waals surface area contributed by atoms with Crippen molar-refractivity contribution >= 4 is 0 Å². The first kappa shape index (κ1) is 15.6. The van der Waals surface area contributed by atoms with Crippen LogP contribution in [-0.2, 0) is 19.5 Å². The summed E-state index contributed by atoms with van der Waals surface area (Å²) in [5.41, 5.74) is 2.82. The SMILES string of the molecule is CC(C)Cc1ccc(CNCc2cc(F)ccc2F)cc1. The Morgan fingerprint density at radius 1 is 0.905 bits per heavy atom. The predicted octanol–water partition coefficient (Wildman–Crippen LogP) is 4.45. The summed E-state index contributed by atoms with van der Waals surface area (Å²) < 4.78 is 26.5. The molecule has 0 aromatic heterocycles. The molecule has 0 amide bonds. The summed E-state index contributed by atoms with van der Waals surface area (Å²) >= 11 is 0. The van der Waals surface area contributed by atoms with E-state index in [1.807, 2.05) is 0 Å². The molecule has 0 aliphatic heterocycles. The zero-order valence-electron chi connectivity index (χ0n) is 12.5. The van der Waals surface area contributed by atoms with Crippen molar-refractivity contribution in [2.24, 2.45) is 5.92 Å². The van der Waals surface area contributed by atoms with Crippen molar-refractivity contribution in [2.75, 3.05) is 0 Å². The summed E-state index contributed by atoms with van der Waals surface area (Å²) in [6.45, 7) is 5.35. The predicted molar refractivity (Wildman–Crippen MR) is 81.9 cm³/mol. The molecule has 0 atom stereocenters. The fourth-order valence-corrected chi connectivity index (χ4v) is 2.28. The lowest BCUT2D eigenvalue weighted by atomic mass is 10.0. The normalized spacial score (nSPS) is 11.1. The van der Waals surface area contributed by atoms with Crippen LogP contribution in [-0.4, -0.2) is 0 Å². The largest absolute Gasteiger partial charge is 0.309 e. The van der Waals surface area contributed by atoms with Gasteiger partial charge in [-0.25, -0.2) is 8.78 Å². The third-order valence-corrected chi connectivity index (χ3v) is 3.32. The first-order valence-electron chi connectivity index (χ1n) is 7.27. The summed E-state index contributed by atoms with van der Waals surface area (Å²) in [6.07, 6.45) is 1.07. The van der Waals surface area contributed by atoms with E-state index in [-0.39, 0.29) is 5.82 Å². The molecule has 0 heterocycles. The second kappa shape index (κ2) is 7.32. The van der Waals surface area contributed by atoms with Crippen LogP contribution < -0.4 is 5.32 Å². The van der Waals surface area contributed by atoms with Crippen LogP contribution in [0.2, 0.25) is 0 Å². The van der Waals surface area contributed by atoms with Crippen LogP contribution in [0.4, 0.5) is 8.78 Å². The van der Waals surface area contributed by atoms with E-state index in [0.29, 0.717) is 24.6 Å². The van der Waals surface area contributed by atoms with Crippen molar-refractivity contribution in [3.63, 3.8) is 0 Å². The van der Waals surface area contributed by atoms with Gasteiger partial charge < -0.3 is 5.32 Å². The summed E-state index contributed by atoms with van der Waals surface area (Å²) in [5, 5.41) is 3.14. The highest BCUT2D eigenvalue weighted by molar-refractivity contribution is 5.23. The van der Waals surface area contributed by atoms with Crippen LogP contribution in [0.5, 0.6) is 0 Å². The van der Waals surface area contributed by atoms with E-state index in [1.165, 1.54) is 11.6 Å². The van der Waals surface area contributed by atoms with Gasteiger partial charge in [-0.3, -0.25) is 0 Å². The number of hydrogen-bond acceptors (Lipinski definition) is 1. The molecule has 0 spiro atoms. The van der Waals surface area contributed by atoms with Crippen molar-refractivity contribution in [3.05, 3.63) is 70.8 Å². The second-order valence-corrected chi connectivity index (χ2v) is 5.75. The van der Waals surface area contributed by atoms with Crippen LogP contribution in [0.3, 0.4) is 0 Å². The van der Waals surface area contributed by atoms with Crippen molar-refractivity contribution in [1.82, 2.24) is 5.32 Å². The van der Waals surface area contributed by atoms with Crippen molar-refractivity contribution in [2.45, 2.75) is 33.4 Å². The van der Waals surface area contributed by atoms with Gasteiger partial charge in [-0.05, 0) is 41.7 Å². The molecule has 0 saturated carbocycles. The van der Waals surface area contributed by atoms with E-state index >= 15 is 0 Å².